The van der Waals surface area contributed by atoms with E-state index in [1.165, 1.54) is 35.0 Å². The molecule has 0 spiro atoms. The van der Waals surface area contributed by atoms with Gasteiger partial charge in [0.25, 0.3) is 0 Å². The second-order valence-electron chi connectivity index (χ2n) is 7.61. The first kappa shape index (κ1) is 23.4. The molecule has 9 nitrogen and oxygen atoms in total. The monoisotopic (exact) mass is 491 g/mol. The lowest BCUT2D eigenvalue weighted by molar-refractivity contribution is 0.272. The Bertz CT molecular complexity index is 1400. The third-order valence-corrected chi connectivity index (χ3v) is 9.61. The highest BCUT2D eigenvalue weighted by Crippen LogP contribution is 2.32. The number of benzene rings is 2. The number of nitrogens with zero attached hydrogens (tertiary/aromatic N) is 3. The fraction of sp³-hybridized carbons (Fsp3) is 0.318. The Labute approximate surface area is 193 Å². The number of ether oxygens (including phenoxy) is 2. The quantitative estimate of drug-likeness (QED) is 0.521. The molecule has 0 saturated carbocycles. The Balaban J connectivity index is 1.60. The van der Waals surface area contributed by atoms with E-state index in [9.17, 15) is 16.8 Å². The van der Waals surface area contributed by atoms with E-state index in [4.69, 9.17) is 9.47 Å². The molecule has 0 N–H and O–H groups in total. The number of sulfonamides is 2. The lowest BCUT2D eigenvalue weighted by Crippen LogP contribution is -2.50. The number of hydrogen-bond donors (Lipinski definition) is 0. The van der Waals surface area contributed by atoms with Gasteiger partial charge in [-0.3, -0.25) is 4.98 Å². The summed E-state index contributed by atoms with van der Waals surface area (Å²) in [7, 11) is -4.90. The number of hydrogen-bond acceptors (Lipinski definition) is 7. The maximum atomic E-state index is 13.4. The van der Waals surface area contributed by atoms with Crippen LogP contribution in [0.3, 0.4) is 0 Å². The minimum atomic E-state index is -3.91. The number of aromatic nitrogens is 1. The molecule has 33 heavy (non-hydrogen) atoms. The van der Waals surface area contributed by atoms with E-state index >= 15 is 0 Å². The molecule has 0 unspecified atom stereocenters. The zero-order valence-electron chi connectivity index (χ0n) is 18.6. The van der Waals surface area contributed by atoms with E-state index in [0.717, 1.165) is 5.56 Å². The van der Waals surface area contributed by atoms with Gasteiger partial charge in [0.15, 0.2) is 0 Å². The fourth-order valence-corrected chi connectivity index (χ4v) is 7.12. The number of aryl methyl sites for hydroxylation is 1. The van der Waals surface area contributed by atoms with E-state index in [-0.39, 0.29) is 41.7 Å². The predicted molar refractivity (Wildman–Crippen MR) is 124 cm³/mol. The summed E-state index contributed by atoms with van der Waals surface area (Å²) in [6, 6.07) is 11.3. The normalized spacial score (nSPS) is 16.1. The van der Waals surface area contributed by atoms with Crippen molar-refractivity contribution in [3.8, 4) is 11.5 Å². The molecule has 1 aromatic heterocycles. The molecule has 0 atom stereocenters. The number of rotatable bonds is 6. The second kappa shape index (κ2) is 8.90. The van der Waals surface area contributed by atoms with E-state index in [1.54, 1.807) is 36.5 Å². The van der Waals surface area contributed by atoms with Gasteiger partial charge in [0, 0.05) is 43.8 Å². The minimum Gasteiger partial charge on any atom is -0.497 e. The third-order valence-electron chi connectivity index (χ3n) is 5.74. The van der Waals surface area contributed by atoms with Crippen LogP contribution in [-0.4, -0.2) is 70.8 Å². The lowest BCUT2D eigenvalue weighted by atomic mass is 10.1. The van der Waals surface area contributed by atoms with Crippen LogP contribution in [0.15, 0.2) is 58.5 Å². The van der Waals surface area contributed by atoms with Crippen molar-refractivity contribution in [3.63, 3.8) is 0 Å². The zero-order chi connectivity index (χ0) is 23.8. The Morgan fingerprint density at radius 2 is 1.45 bits per heavy atom. The summed E-state index contributed by atoms with van der Waals surface area (Å²) < 4.78 is 66.4. The maximum absolute atomic E-state index is 13.4. The summed E-state index contributed by atoms with van der Waals surface area (Å²) >= 11 is 0. The van der Waals surface area contributed by atoms with Crippen LogP contribution < -0.4 is 9.47 Å². The molecule has 1 saturated heterocycles. The molecule has 1 aliphatic heterocycles. The number of fused-ring (bicyclic) bond motifs is 1. The first-order valence-corrected chi connectivity index (χ1v) is 13.1. The van der Waals surface area contributed by atoms with Crippen molar-refractivity contribution < 1.29 is 26.3 Å². The Kier molecular flexibility index (Phi) is 6.32. The first-order chi connectivity index (χ1) is 15.7. The molecule has 1 fully saturated rings. The minimum absolute atomic E-state index is 0.0174. The van der Waals surface area contributed by atoms with Gasteiger partial charge < -0.3 is 9.47 Å². The van der Waals surface area contributed by atoms with Crippen molar-refractivity contribution in [2.45, 2.75) is 16.7 Å². The summed E-state index contributed by atoms with van der Waals surface area (Å²) in [5.41, 5.74) is 1.51. The molecule has 176 valence electrons. The van der Waals surface area contributed by atoms with E-state index in [1.807, 2.05) is 6.92 Å². The number of pyridine rings is 1. The highest BCUT2D eigenvalue weighted by atomic mass is 32.2. The first-order valence-electron chi connectivity index (χ1n) is 10.3. The van der Waals surface area contributed by atoms with Crippen molar-refractivity contribution in [2.75, 3.05) is 40.4 Å². The molecule has 11 heteroatoms. The van der Waals surface area contributed by atoms with Crippen LogP contribution in [0.1, 0.15) is 5.56 Å². The van der Waals surface area contributed by atoms with Crippen LogP contribution in [0, 0.1) is 6.92 Å². The highest BCUT2D eigenvalue weighted by molar-refractivity contribution is 7.89. The van der Waals surface area contributed by atoms with Gasteiger partial charge >= 0.3 is 0 Å². The van der Waals surface area contributed by atoms with E-state index < -0.39 is 20.0 Å². The van der Waals surface area contributed by atoms with Crippen molar-refractivity contribution in [3.05, 3.63) is 54.2 Å². The summed E-state index contributed by atoms with van der Waals surface area (Å²) in [5.74, 6) is 0.583. The Hall–Kier alpha value is -2.73. The highest BCUT2D eigenvalue weighted by Gasteiger charge is 2.36. The van der Waals surface area contributed by atoms with Gasteiger partial charge in [0.2, 0.25) is 20.0 Å². The second-order valence-corrected chi connectivity index (χ2v) is 11.4. The maximum Gasteiger partial charge on any atom is 0.246 e. The number of methoxy groups -OCH3 is 2. The molecular formula is C22H25N3O6S2. The summed E-state index contributed by atoms with van der Waals surface area (Å²) in [6.07, 6.45) is 1.63. The summed E-state index contributed by atoms with van der Waals surface area (Å²) in [6.45, 7) is 1.98. The van der Waals surface area contributed by atoms with Crippen LogP contribution in [0.5, 0.6) is 11.5 Å². The average molecular weight is 492 g/mol. The smallest absolute Gasteiger partial charge is 0.246 e. The van der Waals surface area contributed by atoms with Crippen molar-refractivity contribution in [1.82, 2.24) is 13.6 Å². The Morgan fingerprint density at radius 1 is 0.818 bits per heavy atom. The zero-order valence-corrected chi connectivity index (χ0v) is 20.2. The van der Waals surface area contributed by atoms with Crippen LogP contribution in [0.25, 0.3) is 10.9 Å². The molecular weight excluding hydrogens is 466 g/mol. The predicted octanol–water partition coefficient (Wildman–Crippen LogP) is 2.26. The molecule has 0 aliphatic carbocycles. The topological polar surface area (TPSA) is 106 Å². The molecule has 2 aromatic carbocycles. The fourth-order valence-electron chi connectivity index (χ4n) is 3.93. The van der Waals surface area contributed by atoms with Crippen LogP contribution >= 0.6 is 0 Å². The van der Waals surface area contributed by atoms with Gasteiger partial charge in [-0.1, -0.05) is 6.07 Å². The average Bonchev–Trinajstić information content (AvgIpc) is 2.84. The molecule has 2 heterocycles. The van der Waals surface area contributed by atoms with Gasteiger partial charge in [-0.2, -0.15) is 8.61 Å². The molecule has 0 amide bonds. The van der Waals surface area contributed by atoms with Gasteiger partial charge in [-0.05, 0) is 42.8 Å². The molecule has 4 rings (SSSR count). The third kappa shape index (κ3) is 4.17. The van der Waals surface area contributed by atoms with E-state index in [0.29, 0.717) is 16.7 Å². The van der Waals surface area contributed by atoms with Crippen LogP contribution in [-0.2, 0) is 20.0 Å². The lowest BCUT2D eigenvalue weighted by Gasteiger charge is -2.33. The van der Waals surface area contributed by atoms with Crippen molar-refractivity contribution in [1.29, 1.82) is 0 Å². The van der Waals surface area contributed by atoms with E-state index in [2.05, 4.69) is 4.98 Å². The van der Waals surface area contributed by atoms with Crippen LogP contribution in [0.4, 0.5) is 0 Å². The molecule has 0 bridgehead atoms. The molecule has 0 radical (unpaired) electrons. The standard InChI is InChI=1S/C22H25N3O6S2/c1-16-6-9-20(18-5-4-10-23-22(16)18)32(26,27)24-11-13-25(14-12-24)33(28,29)21-15-17(30-2)7-8-19(21)31-3/h4-10,15H,11-14H2,1-3H3. The summed E-state index contributed by atoms with van der Waals surface area (Å²) in [4.78, 5) is 4.47. The van der Waals surface area contributed by atoms with Gasteiger partial charge in [-0.25, -0.2) is 16.8 Å². The number of piperazine rings is 1. The van der Waals surface area contributed by atoms with Gasteiger partial charge in [-0.15, -0.1) is 0 Å². The molecule has 1 aliphatic rings. The van der Waals surface area contributed by atoms with Gasteiger partial charge in [0.1, 0.15) is 16.4 Å². The van der Waals surface area contributed by atoms with Crippen LogP contribution in [0.2, 0.25) is 0 Å². The molecule has 3 aromatic rings. The largest absolute Gasteiger partial charge is 0.497 e. The van der Waals surface area contributed by atoms with Crippen molar-refractivity contribution >= 4 is 30.9 Å². The van der Waals surface area contributed by atoms with Gasteiger partial charge in [0.05, 0.1) is 24.6 Å². The Morgan fingerprint density at radius 3 is 2.06 bits per heavy atom. The van der Waals surface area contributed by atoms with Crippen molar-refractivity contribution in [2.24, 2.45) is 0 Å². The SMILES string of the molecule is COc1ccc(OC)c(S(=O)(=O)N2CCN(S(=O)(=O)c3ccc(C)c4ncccc34)CC2)c1. The summed E-state index contributed by atoms with van der Waals surface area (Å²) in [5, 5.41) is 0.550.